The lowest BCUT2D eigenvalue weighted by molar-refractivity contribution is -0.139. The maximum atomic E-state index is 13.8. The maximum absolute atomic E-state index is 13.8. The summed E-state index contributed by atoms with van der Waals surface area (Å²) >= 11 is 17.5. The van der Waals surface area contributed by atoms with E-state index in [1.165, 1.54) is 6.42 Å². The third kappa shape index (κ3) is 9.28. The summed E-state index contributed by atoms with van der Waals surface area (Å²) in [5, 5.41) is 4.16. The van der Waals surface area contributed by atoms with Gasteiger partial charge >= 0.3 is 0 Å². The normalized spacial score (nSPS) is 14.5. The van der Waals surface area contributed by atoms with Crippen molar-refractivity contribution in [2.45, 2.75) is 62.9 Å². The molecule has 206 valence electrons. The first-order valence-corrected chi connectivity index (χ1v) is 16.0. The highest BCUT2D eigenvalue weighted by molar-refractivity contribution is 9.10. The van der Waals surface area contributed by atoms with Crippen LogP contribution in [0.3, 0.4) is 0 Å². The summed E-state index contributed by atoms with van der Waals surface area (Å²) in [6.45, 7) is 0.268. The predicted molar refractivity (Wildman–Crippen MR) is 166 cm³/mol. The molecule has 4 nitrogen and oxygen atoms in total. The van der Waals surface area contributed by atoms with E-state index in [9.17, 15) is 9.59 Å². The first-order valence-electron chi connectivity index (χ1n) is 13.3. The van der Waals surface area contributed by atoms with Crippen LogP contribution in [0.25, 0.3) is 0 Å². The highest BCUT2D eigenvalue weighted by Crippen LogP contribution is 2.26. The molecular formula is C31H33BrCl2N2O2S. The lowest BCUT2D eigenvalue weighted by Gasteiger charge is -2.33. The van der Waals surface area contributed by atoms with Crippen LogP contribution in [0.1, 0.15) is 48.8 Å². The van der Waals surface area contributed by atoms with E-state index < -0.39 is 6.04 Å². The van der Waals surface area contributed by atoms with Crippen molar-refractivity contribution in [3.8, 4) is 0 Å². The van der Waals surface area contributed by atoms with E-state index in [0.717, 1.165) is 46.8 Å². The first-order chi connectivity index (χ1) is 18.9. The molecule has 1 saturated carbocycles. The number of hydrogen-bond acceptors (Lipinski definition) is 3. The second-order valence-corrected chi connectivity index (χ2v) is 12.7. The molecule has 0 radical (unpaired) electrons. The fourth-order valence-corrected chi connectivity index (χ4v) is 6.31. The van der Waals surface area contributed by atoms with Gasteiger partial charge in [0.15, 0.2) is 0 Å². The van der Waals surface area contributed by atoms with E-state index in [0.29, 0.717) is 22.2 Å². The Labute approximate surface area is 254 Å². The maximum Gasteiger partial charge on any atom is 0.243 e. The number of nitrogens with zero attached hydrogens (tertiary/aromatic N) is 1. The van der Waals surface area contributed by atoms with E-state index in [2.05, 4.69) is 21.2 Å². The third-order valence-electron chi connectivity index (χ3n) is 6.97. The van der Waals surface area contributed by atoms with Crippen molar-refractivity contribution < 1.29 is 9.59 Å². The fraction of sp³-hybridized carbons (Fsp3) is 0.355. The number of benzene rings is 3. The Hall–Kier alpha value is -1.99. The average Bonchev–Trinajstić information content (AvgIpc) is 2.94. The summed E-state index contributed by atoms with van der Waals surface area (Å²) in [5.74, 6) is 0.788. The zero-order valence-corrected chi connectivity index (χ0v) is 25.7. The number of carbonyl (C=O) groups is 2. The van der Waals surface area contributed by atoms with Crippen LogP contribution in [-0.2, 0) is 28.3 Å². The molecule has 4 rings (SSSR count). The number of nitrogens with one attached hydrogen (secondary N) is 1. The zero-order valence-electron chi connectivity index (χ0n) is 21.8. The number of hydrogen-bond donors (Lipinski definition) is 1. The molecule has 0 unspecified atom stereocenters. The van der Waals surface area contributed by atoms with Crippen molar-refractivity contribution in [3.05, 3.63) is 104 Å². The van der Waals surface area contributed by atoms with Crippen LogP contribution in [0.4, 0.5) is 0 Å². The molecule has 1 N–H and O–H groups in total. The fourth-order valence-electron chi connectivity index (χ4n) is 4.85. The molecule has 1 fully saturated rings. The number of rotatable bonds is 11. The molecule has 2 amide bonds. The van der Waals surface area contributed by atoms with Gasteiger partial charge in [-0.3, -0.25) is 9.59 Å². The van der Waals surface area contributed by atoms with Gasteiger partial charge in [0, 0.05) is 29.2 Å². The third-order valence-corrected chi connectivity index (χ3v) is 9.22. The Morgan fingerprint density at radius 2 is 1.59 bits per heavy atom. The molecule has 0 spiro atoms. The summed E-state index contributed by atoms with van der Waals surface area (Å²) in [7, 11) is 0. The second kappa shape index (κ2) is 15.1. The van der Waals surface area contributed by atoms with Gasteiger partial charge in [0.05, 0.1) is 15.8 Å². The number of thioether (sulfide) groups is 1. The minimum atomic E-state index is -0.649. The molecule has 0 bridgehead atoms. The molecule has 0 saturated heterocycles. The van der Waals surface area contributed by atoms with E-state index in [-0.39, 0.29) is 30.2 Å². The van der Waals surface area contributed by atoms with Crippen molar-refractivity contribution in [1.82, 2.24) is 10.2 Å². The lowest BCUT2D eigenvalue weighted by Crippen LogP contribution is -2.53. The highest BCUT2D eigenvalue weighted by atomic mass is 79.9. The van der Waals surface area contributed by atoms with Crippen LogP contribution in [-0.4, -0.2) is 34.6 Å². The Morgan fingerprint density at radius 3 is 2.28 bits per heavy atom. The van der Waals surface area contributed by atoms with Gasteiger partial charge in [-0.15, -0.1) is 11.8 Å². The van der Waals surface area contributed by atoms with Gasteiger partial charge < -0.3 is 10.2 Å². The minimum absolute atomic E-state index is 0.0806. The van der Waals surface area contributed by atoms with Crippen molar-refractivity contribution in [2.24, 2.45) is 0 Å². The molecule has 39 heavy (non-hydrogen) atoms. The predicted octanol–water partition coefficient (Wildman–Crippen LogP) is 8.08. The highest BCUT2D eigenvalue weighted by Gasteiger charge is 2.32. The Morgan fingerprint density at radius 1 is 0.897 bits per heavy atom. The van der Waals surface area contributed by atoms with E-state index in [1.54, 1.807) is 28.8 Å². The molecule has 8 heteroatoms. The molecule has 3 aromatic carbocycles. The van der Waals surface area contributed by atoms with Gasteiger partial charge in [-0.2, -0.15) is 0 Å². The summed E-state index contributed by atoms with van der Waals surface area (Å²) in [4.78, 5) is 29.4. The summed E-state index contributed by atoms with van der Waals surface area (Å²) in [6.07, 6.45) is 5.84. The van der Waals surface area contributed by atoms with Gasteiger partial charge in [0.1, 0.15) is 6.04 Å². The van der Waals surface area contributed by atoms with Crippen LogP contribution in [0.2, 0.25) is 10.0 Å². The number of carbonyl (C=O) groups excluding carboxylic acids is 2. The SMILES string of the molecule is O=C(NC1CCCCC1)[C@@H](Cc1ccccc1)N(Cc1ccc(Cl)c(Cl)c1)C(=O)CSCc1ccc(Br)cc1. The molecule has 3 aromatic rings. The Balaban J connectivity index is 1.57. The molecule has 1 aliphatic rings. The Bertz CT molecular complexity index is 1240. The van der Waals surface area contributed by atoms with Crippen LogP contribution in [0.5, 0.6) is 0 Å². The minimum Gasteiger partial charge on any atom is -0.352 e. The van der Waals surface area contributed by atoms with Crippen LogP contribution >= 0.6 is 50.9 Å². The van der Waals surface area contributed by atoms with Gasteiger partial charge in [0.25, 0.3) is 0 Å². The smallest absolute Gasteiger partial charge is 0.243 e. The monoisotopic (exact) mass is 646 g/mol. The van der Waals surface area contributed by atoms with Gasteiger partial charge in [0.2, 0.25) is 11.8 Å². The van der Waals surface area contributed by atoms with E-state index >= 15 is 0 Å². The van der Waals surface area contributed by atoms with Crippen molar-refractivity contribution >= 4 is 62.7 Å². The number of halogens is 3. The van der Waals surface area contributed by atoms with Crippen LogP contribution in [0, 0.1) is 0 Å². The molecule has 1 atom stereocenters. The second-order valence-electron chi connectivity index (χ2n) is 9.94. The van der Waals surface area contributed by atoms with Crippen LogP contribution < -0.4 is 5.32 Å². The van der Waals surface area contributed by atoms with Gasteiger partial charge in [-0.25, -0.2) is 0 Å². The summed E-state index contributed by atoms with van der Waals surface area (Å²) in [5.41, 5.74) is 2.98. The van der Waals surface area contributed by atoms with Gasteiger partial charge in [-0.1, -0.05) is 107 Å². The quantitative estimate of drug-likeness (QED) is 0.229. The first kappa shape index (κ1) is 30.0. The summed E-state index contributed by atoms with van der Waals surface area (Å²) < 4.78 is 1.02. The standard InChI is InChI=1S/C31H33BrCl2N2O2S/c32-25-14-11-23(12-15-25)20-39-21-30(37)36(19-24-13-16-27(33)28(34)17-24)29(18-22-7-3-1-4-8-22)31(38)35-26-9-5-2-6-10-26/h1,3-4,7-8,11-17,26,29H,2,5-6,9-10,18-21H2,(H,35,38)/t29-/m1/s1. The molecule has 0 heterocycles. The number of amides is 2. The Kier molecular flexibility index (Phi) is 11.6. The van der Waals surface area contributed by atoms with Gasteiger partial charge in [-0.05, 0) is 53.8 Å². The van der Waals surface area contributed by atoms with E-state index in [1.807, 2.05) is 60.7 Å². The lowest BCUT2D eigenvalue weighted by atomic mass is 9.94. The molecule has 0 aromatic heterocycles. The van der Waals surface area contributed by atoms with Crippen molar-refractivity contribution in [2.75, 3.05) is 5.75 Å². The van der Waals surface area contributed by atoms with E-state index in [4.69, 9.17) is 23.2 Å². The van der Waals surface area contributed by atoms with Crippen molar-refractivity contribution in [1.29, 1.82) is 0 Å². The topological polar surface area (TPSA) is 49.4 Å². The van der Waals surface area contributed by atoms with Crippen LogP contribution in [0.15, 0.2) is 77.3 Å². The zero-order chi connectivity index (χ0) is 27.6. The molecular weight excluding hydrogens is 615 g/mol. The average molecular weight is 648 g/mol. The van der Waals surface area contributed by atoms with Crippen molar-refractivity contribution in [3.63, 3.8) is 0 Å². The summed E-state index contributed by atoms with van der Waals surface area (Å²) in [6, 6.07) is 22.9. The molecule has 1 aliphatic carbocycles. The largest absolute Gasteiger partial charge is 0.352 e. The molecule has 0 aliphatic heterocycles.